The van der Waals surface area contributed by atoms with Crippen LogP contribution in [-0.2, 0) is 28.6 Å². The van der Waals surface area contributed by atoms with Gasteiger partial charge in [0.1, 0.15) is 13.2 Å². The van der Waals surface area contributed by atoms with Gasteiger partial charge in [-0.1, -0.05) is 304 Å². The van der Waals surface area contributed by atoms with Crippen molar-refractivity contribution < 1.29 is 28.6 Å². The van der Waals surface area contributed by atoms with Gasteiger partial charge in [-0.25, -0.2) is 0 Å². The van der Waals surface area contributed by atoms with E-state index in [4.69, 9.17) is 14.2 Å². The molecule has 6 heteroatoms. The van der Waals surface area contributed by atoms with E-state index in [1.807, 2.05) is 0 Å². The van der Waals surface area contributed by atoms with Crippen molar-refractivity contribution in [1.82, 2.24) is 0 Å². The van der Waals surface area contributed by atoms with Gasteiger partial charge >= 0.3 is 17.9 Å². The Bertz CT molecular complexity index is 1580. The SMILES string of the molecule is CC/C=C\C/C=C\C/C=C\C/C=C\CCCCCCCCCCCCCCCCC(=O)OCC(COC(=O)CCCCCCC/C=C\CCCC)OC(=O)CCCCCCCCCCCC/C=C\C/C=C\C/C=C\CCCCCCC. The van der Waals surface area contributed by atoms with E-state index in [0.29, 0.717) is 19.3 Å². The van der Waals surface area contributed by atoms with Crippen LogP contribution in [0, 0.1) is 0 Å². The van der Waals surface area contributed by atoms with Crippen LogP contribution in [0.2, 0.25) is 0 Å². The Morgan fingerprint density at radius 2 is 0.494 bits per heavy atom. The first-order valence-electron chi connectivity index (χ1n) is 34.7. The van der Waals surface area contributed by atoms with Gasteiger partial charge in [-0.05, 0) is 116 Å². The van der Waals surface area contributed by atoms with Gasteiger partial charge in [0.05, 0.1) is 0 Å². The summed E-state index contributed by atoms with van der Waals surface area (Å²) in [6.45, 7) is 6.50. The second-order valence-corrected chi connectivity index (χ2v) is 23.1. The van der Waals surface area contributed by atoms with E-state index in [1.54, 1.807) is 0 Å². The molecule has 0 bridgehead atoms. The molecule has 0 N–H and O–H groups in total. The number of hydrogen-bond donors (Lipinski definition) is 0. The fourth-order valence-electron chi connectivity index (χ4n) is 9.84. The summed E-state index contributed by atoms with van der Waals surface area (Å²) < 4.78 is 16.9. The van der Waals surface area contributed by atoms with E-state index in [1.165, 1.54) is 199 Å². The zero-order chi connectivity index (χ0) is 58.5. The van der Waals surface area contributed by atoms with Gasteiger partial charge in [-0.15, -0.1) is 0 Å². The minimum atomic E-state index is -0.784. The van der Waals surface area contributed by atoms with Gasteiger partial charge in [0.25, 0.3) is 0 Å². The number of esters is 3. The Balaban J connectivity index is 4.24. The standard InChI is InChI=1S/C75H130O6/c1-4-7-10-13-16-19-22-24-26-28-30-32-34-36-37-39-40-42-44-46-48-50-53-56-59-62-65-68-74(77)80-71-72(70-79-73(76)67-64-61-58-55-52-21-18-15-12-9-6-3)81-75(78)69-66-63-60-57-54-51-49-47-45-43-41-38-35-33-31-29-27-25-23-20-17-14-11-8-5-2/h7,10,15-16,18-19,23-26,29-32,35,38,72H,4-6,8-9,11-14,17,20-22,27-28,33-34,36-37,39-71H2,1-3H3/b10-7-,18-15-,19-16-,25-23-,26-24-,31-29-,32-30-,38-35-. The summed E-state index contributed by atoms with van der Waals surface area (Å²) in [5.74, 6) is -0.881. The van der Waals surface area contributed by atoms with Crippen molar-refractivity contribution in [2.24, 2.45) is 0 Å². The molecule has 0 aliphatic rings. The quantitative estimate of drug-likeness (QED) is 0.0261. The van der Waals surface area contributed by atoms with Crippen LogP contribution in [0.15, 0.2) is 97.2 Å². The first-order chi connectivity index (χ1) is 40.0. The molecule has 0 aromatic carbocycles. The molecule has 6 nitrogen and oxygen atoms in total. The minimum absolute atomic E-state index is 0.0800. The minimum Gasteiger partial charge on any atom is -0.462 e. The van der Waals surface area contributed by atoms with Crippen molar-refractivity contribution in [2.75, 3.05) is 13.2 Å². The topological polar surface area (TPSA) is 78.9 Å². The highest BCUT2D eigenvalue weighted by molar-refractivity contribution is 5.71. The maximum absolute atomic E-state index is 12.9. The van der Waals surface area contributed by atoms with E-state index in [-0.39, 0.29) is 31.1 Å². The van der Waals surface area contributed by atoms with Crippen molar-refractivity contribution >= 4 is 17.9 Å². The lowest BCUT2D eigenvalue weighted by atomic mass is 10.0. The highest BCUT2D eigenvalue weighted by Gasteiger charge is 2.19. The second-order valence-electron chi connectivity index (χ2n) is 23.1. The van der Waals surface area contributed by atoms with Crippen molar-refractivity contribution in [2.45, 2.75) is 348 Å². The van der Waals surface area contributed by atoms with Gasteiger partial charge in [-0.3, -0.25) is 14.4 Å². The summed E-state index contributed by atoms with van der Waals surface area (Å²) in [6, 6.07) is 0. The van der Waals surface area contributed by atoms with Crippen LogP contribution >= 0.6 is 0 Å². The normalized spacial score (nSPS) is 12.7. The number of ether oxygens (including phenoxy) is 3. The molecule has 0 heterocycles. The van der Waals surface area contributed by atoms with Gasteiger partial charge in [-0.2, -0.15) is 0 Å². The molecular formula is C75H130O6. The molecular weight excluding hydrogens is 997 g/mol. The summed E-state index contributed by atoms with van der Waals surface area (Å²) >= 11 is 0. The van der Waals surface area contributed by atoms with Gasteiger partial charge < -0.3 is 14.2 Å². The van der Waals surface area contributed by atoms with Crippen LogP contribution in [0.4, 0.5) is 0 Å². The lowest BCUT2D eigenvalue weighted by Gasteiger charge is -2.18. The Kier molecular flexibility index (Phi) is 65.7. The number of rotatable bonds is 63. The van der Waals surface area contributed by atoms with Gasteiger partial charge in [0.15, 0.2) is 6.10 Å². The zero-order valence-electron chi connectivity index (χ0n) is 53.5. The van der Waals surface area contributed by atoms with E-state index >= 15 is 0 Å². The first kappa shape index (κ1) is 77.3. The Hall–Kier alpha value is -3.67. The lowest BCUT2D eigenvalue weighted by molar-refractivity contribution is -0.167. The summed E-state index contributed by atoms with van der Waals surface area (Å²) in [6.07, 6.45) is 92.9. The van der Waals surface area contributed by atoms with E-state index < -0.39 is 6.10 Å². The highest BCUT2D eigenvalue weighted by atomic mass is 16.6. The molecule has 81 heavy (non-hydrogen) atoms. The maximum atomic E-state index is 12.9. The predicted octanol–water partition coefficient (Wildman–Crippen LogP) is 24.0. The second kappa shape index (κ2) is 68.8. The first-order valence-corrected chi connectivity index (χ1v) is 34.7. The average Bonchev–Trinajstić information content (AvgIpc) is 3.47. The molecule has 0 saturated heterocycles. The predicted molar refractivity (Wildman–Crippen MR) is 353 cm³/mol. The number of carbonyl (C=O) groups is 3. The van der Waals surface area contributed by atoms with Crippen molar-refractivity contribution in [3.8, 4) is 0 Å². The van der Waals surface area contributed by atoms with Gasteiger partial charge in [0, 0.05) is 19.3 Å². The van der Waals surface area contributed by atoms with Crippen LogP contribution in [0.5, 0.6) is 0 Å². The maximum Gasteiger partial charge on any atom is 0.306 e. The molecule has 0 aromatic rings. The lowest BCUT2D eigenvalue weighted by Crippen LogP contribution is -2.30. The summed E-state index contributed by atoms with van der Waals surface area (Å²) in [5.41, 5.74) is 0. The Labute approximate surface area is 502 Å². The fourth-order valence-corrected chi connectivity index (χ4v) is 9.84. The molecule has 0 radical (unpaired) electrons. The van der Waals surface area contributed by atoms with Crippen LogP contribution in [0.3, 0.4) is 0 Å². The molecule has 0 saturated carbocycles. The molecule has 1 unspecified atom stereocenters. The highest BCUT2D eigenvalue weighted by Crippen LogP contribution is 2.17. The molecule has 0 amide bonds. The summed E-state index contributed by atoms with van der Waals surface area (Å²) in [4.78, 5) is 38.4. The molecule has 0 fully saturated rings. The van der Waals surface area contributed by atoms with E-state index in [2.05, 4.69) is 118 Å². The number of allylic oxidation sites excluding steroid dienone is 16. The summed E-state index contributed by atoms with van der Waals surface area (Å²) in [5, 5.41) is 0. The monoisotopic (exact) mass is 1130 g/mol. The molecule has 1 atom stereocenters. The number of unbranched alkanes of at least 4 members (excludes halogenated alkanes) is 36. The third-order valence-electron chi connectivity index (χ3n) is 15.0. The van der Waals surface area contributed by atoms with E-state index in [9.17, 15) is 14.4 Å². The molecule has 0 aromatic heterocycles. The smallest absolute Gasteiger partial charge is 0.306 e. The van der Waals surface area contributed by atoms with Crippen LogP contribution in [0.1, 0.15) is 342 Å². The van der Waals surface area contributed by atoms with Crippen molar-refractivity contribution in [1.29, 1.82) is 0 Å². The third-order valence-corrected chi connectivity index (χ3v) is 15.0. The molecule has 0 spiro atoms. The fraction of sp³-hybridized carbons (Fsp3) is 0.747. The van der Waals surface area contributed by atoms with Crippen LogP contribution in [0.25, 0.3) is 0 Å². The molecule has 466 valence electrons. The Morgan fingerprint density at radius 3 is 0.802 bits per heavy atom. The Morgan fingerprint density at radius 1 is 0.259 bits per heavy atom. The van der Waals surface area contributed by atoms with Crippen LogP contribution < -0.4 is 0 Å². The van der Waals surface area contributed by atoms with Crippen LogP contribution in [-0.4, -0.2) is 37.2 Å². The third kappa shape index (κ3) is 67.0. The zero-order valence-corrected chi connectivity index (χ0v) is 53.5. The molecule has 0 aliphatic heterocycles. The molecule has 0 aliphatic carbocycles. The molecule has 0 rings (SSSR count). The van der Waals surface area contributed by atoms with Crippen molar-refractivity contribution in [3.63, 3.8) is 0 Å². The number of hydrogen-bond acceptors (Lipinski definition) is 6. The average molecular weight is 1130 g/mol. The number of carbonyl (C=O) groups excluding carboxylic acids is 3. The summed E-state index contributed by atoms with van der Waals surface area (Å²) in [7, 11) is 0. The van der Waals surface area contributed by atoms with Crippen molar-refractivity contribution in [3.05, 3.63) is 97.2 Å². The van der Waals surface area contributed by atoms with E-state index in [0.717, 1.165) is 103 Å². The van der Waals surface area contributed by atoms with Gasteiger partial charge in [0.2, 0.25) is 0 Å². The largest absolute Gasteiger partial charge is 0.462 e.